The number of hydrogen-bond acceptors (Lipinski definition) is 4. The second kappa shape index (κ2) is 4.14. The van der Waals surface area contributed by atoms with Gasteiger partial charge in [-0.2, -0.15) is 0 Å². The first-order chi connectivity index (χ1) is 7.16. The van der Waals surface area contributed by atoms with Crippen LogP contribution < -0.4 is 4.74 Å². The van der Waals surface area contributed by atoms with Gasteiger partial charge in [-0.15, -0.1) is 0 Å². The summed E-state index contributed by atoms with van der Waals surface area (Å²) in [6.45, 7) is 0.642. The van der Waals surface area contributed by atoms with Crippen LogP contribution in [0, 0.1) is 16.0 Å². The van der Waals surface area contributed by atoms with Gasteiger partial charge < -0.3 is 4.74 Å². The van der Waals surface area contributed by atoms with Crippen molar-refractivity contribution in [3.63, 3.8) is 0 Å². The van der Waals surface area contributed by atoms with Crippen LogP contribution in [-0.2, 0) is 0 Å². The normalized spacial score (nSPS) is 15.0. The lowest BCUT2D eigenvalue weighted by molar-refractivity contribution is -0.385. The maximum atomic E-state index is 10.4. The largest absolute Gasteiger partial charge is 0.477 e. The highest BCUT2D eigenvalue weighted by Gasteiger charge is 2.22. The van der Waals surface area contributed by atoms with E-state index in [0.29, 0.717) is 22.9 Å². The molecule has 0 aliphatic heterocycles. The third-order valence-corrected chi connectivity index (χ3v) is 2.72. The van der Waals surface area contributed by atoms with Crippen LogP contribution >= 0.6 is 15.9 Å². The Kier molecular flexibility index (Phi) is 2.86. The van der Waals surface area contributed by atoms with Crippen molar-refractivity contribution in [3.05, 3.63) is 26.9 Å². The summed E-state index contributed by atoms with van der Waals surface area (Å²) in [6.07, 6.45) is 3.60. The van der Waals surface area contributed by atoms with Gasteiger partial charge in [0.15, 0.2) is 0 Å². The second-order valence-corrected chi connectivity index (χ2v) is 4.35. The molecule has 0 aromatic carbocycles. The lowest BCUT2D eigenvalue weighted by atomic mass is 10.4. The van der Waals surface area contributed by atoms with E-state index in [-0.39, 0.29) is 5.69 Å². The molecule has 80 valence electrons. The Morgan fingerprint density at radius 3 is 2.93 bits per heavy atom. The quantitative estimate of drug-likeness (QED) is 0.624. The molecule has 1 aromatic rings. The minimum absolute atomic E-state index is 0.0411. The van der Waals surface area contributed by atoms with Gasteiger partial charge in [0.05, 0.1) is 16.0 Å². The van der Waals surface area contributed by atoms with Crippen molar-refractivity contribution in [1.82, 2.24) is 4.98 Å². The fourth-order valence-electron chi connectivity index (χ4n) is 1.10. The Bertz CT molecular complexity index is 393. The molecule has 1 aromatic heterocycles. The first kappa shape index (κ1) is 10.4. The van der Waals surface area contributed by atoms with Gasteiger partial charge in [-0.1, -0.05) is 0 Å². The molecule has 1 heterocycles. The molecule has 6 heteroatoms. The molecule has 0 N–H and O–H groups in total. The van der Waals surface area contributed by atoms with Crippen molar-refractivity contribution in [2.75, 3.05) is 6.61 Å². The predicted octanol–water partition coefficient (Wildman–Crippen LogP) is 2.54. The number of halogens is 1. The highest BCUT2D eigenvalue weighted by Crippen LogP contribution is 2.31. The summed E-state index contributed by atoms with van der Waals surface area (Å²) in [4.78, 5) is 13.8. The molecule has 1 aliphatic rings. The van der Waals surface area contributed by atoms with Gasteiger partial charge in [0.25, 0.3) is 5.69 Å². The molecule has 1 fully saturated rings. The number of pyridine rings is 1. The third kappa shape index (κ3) is 2.65. The fourth-order valence-corrected chi connectivity index (χ4v) is 1.55. The summed E-state index contributed by atoms with van der Waals surface area (Å²) >= 11 is 3.19. The predicted molar refractivity (Wildman–Crippen MR) is 56.8 cm³/mol. The van der Waals surface area contributed by atoms with Gasteiger partial charge in [0.1, 0.15) is 6.20 Å². The van der Waals surface area contributed by atoms with Crippen LogP contribution in [0.2, 0.25) is 0 Å². The molecule has 2 rings (SSSR count). The number of nitro groups is 1. The lowest BCUT2D eigenvalue weighted by Gasteiger charge is -2.05. The van der Waals surface area contributed by atoms with Crippen molar-refractivity contribution in [3.8, 4) is 5.88 Å². The van der Waals surface area contributed by atoms with E-state index in [1.54, 1.807) is 0 Å². The van der Waals surface area contributed by atoms with Crippen molar-refractivity contribution < 1.29 is 9.66 Å². The second-order valence-electron chi connectivity index (χ2n) is 3.49. The van der Waals surface area contributed by atoms with E-state index in [0.717, 1.165) is 0 Å². The Morgan fingerprint density at radius 2 is 2.40 bits per heavy atom. The minimum Gasteiger partial charge on any atom is -0.477 e. The van der Waals surface area contributed by atoms with E-state index < -0.39 is 4.92 Å². The molecule has 15 heavy (non-hydrogen) atoms. The molecule has 0 amide bonds. The summed E-state index contributed by atoms with van der Waals surface area (Å²) in [5.74, 6) is 1.06. The van der Waals surface area contributed by atoms with Gasteiger partial charge >= 0.3 is 0 Å². The van der Waals surface area contributed by atoms with Gasteiger partial charge in [-0.25, -0.2) is 4.98 Å². The fraction of sp³-hybridized carbons (Fsp3) is 0.444. The number of nitrogens with zero attached hydrogens (tertiary/aromatic N) is 2. The van der Waals surface area contributed by atoms with Gasteiger partial charge in [-0.3, -0.25) is 10.1 Å². The number of hydrogen-bond donors (Lipinski definition) is 0. The molecule has 1 aliphatic carbocycles. The molecule has 0 bridgehead atoms. The topological polar surface area (TPSA) is 65.3 Å². The Morgan fingerprint density at radius 1 is 1.67 bits per heavy atom. The van der Waals surface area contributed by atoms with Crippen LogP contribution in [0.15, 0.2) is 16.7 Å². The standard InChI is InChI=1S/C9H9BrN2O3/c10-8-3-7(12(13)14)4-11-9(8)15-5-6-1-2-6/h3-4,6H,1-2,5H2. The Balaban J connectivity index is 2.07. The van der Waals surface area contributed by atoms with E-state index in [9.17, 15) is 10.1 Å². The van der Waals surface area contributed by atoms with Gasteiger partial charge in [0, 0.05) is 6.07 Å². The molecule has 0 radical (unpaired) electrons. The van der Waals surface area contributed by atoms with Crippen molar-refractivity contribution in [2.45, 2.75) is 12.8 Å². The summed E-state index contributed by atoms with van der Waals surface area (Å²) in [5, 5.41) is 10.4. The zero-order valence-corrected chi connectivity index (χ0v) is 9.44. The van der Waals surface area contributed by atoms with E-state index >= 15 is 0 Å². The highest BCUT2D eigenvalue weighted by molar-refractivity contribution is 9.10. The monoisotopic (exact) mass is 272 g/mol. The van der Waals surface area contributed by atoms with Crippen molar-refractivity contribution in [1.29, 1.82) is 0 Å². The molecule has 0 spiro atoms. The molecular weight excluding hydrogens is 264 g/mol. The summed E-state index contributed by atoms with van der Waals surface area (Å²) in [7, 11) is 0. The maximum Gasteiger partial charge on any atom is 0.288 e. The number of ether oxygens (including phenoxy) is 1. The van der Waals surface area contributed by atoms with Crippen LogP contribution in [-0.4, -0.2) is 16.5 Å². The Hall–Kier alpha value is -1.17. The number of aromatic nitrogens is 1. The first-order valence-electron chi connectivity index (χ1n) is 4.59. The zero-order chi connectivity index (χ0) is 10.8. The molecular formula is C9H9BrN2O3. The van der Waals surface area contributed by atoms with Gasteiger partial charge in [0.2, 0.25) is 5.88 Å². The van der Waals surface area contributed by atoms with Gasteiger partial charge in [-0.05, 0) is 34.7 Å². The van der Waals surface area contributed by atoms with E-state index in [1.807, 2.05) is 0 Å². The van der Waals surface area contributed by atoms with E-state index in [2.05, 4.69) is 20.9 Å². The number of rotatable bonds is 4. The lowest BCUT2D eigenvalue weighted by Crippen LogP contribution is -2.01. The van der Waals surface area contributed by atoms with Crippen LogP contribution in [0.1, 0.15) is 12.8 Å². The zero-order valence-electron chi connectivity index (χ0n) is 7.85. The van der Waals surface area contributed by atoms with E-state index in [4.69, 9.17) is 4.74 Å². The molecule has 0 saturated heterocycles. The van der Waals surface area contributed by atoms with Crippen LogP contribution in [0.5, 0.6) is 5.88 Å². The van der Waals surface area contributed by atoms with Crippen LogP contribution in [0.3, 0.4) is 0 Å². The summed E-state index contributed by atoms with van der Waals surface area (Å²) < 4.78 is 5.94. The summed E-state index contributed by atoms with van der Waals surface area (Å²) in [6, 6.07) is 1.40. The molecule has 1 saturated carbocycles. The summed E-state index contributed by atoms with van der Waals surface area (Å²) in [5.41, 5.74) is -0.0411. The minimum atomic E-state index is -0.484. The van der Waals surface area contributed by atoms with E-state index in [1.165, 1.54) is 25.1 Å². The van der Waals surface area contributed by atoms with Crippen molar-refractivity contribution >= 4 is 21.6 Å². The average Bonchev–Trinajstić information content (AvgIpc) is 2.99. The molecule has 5 nitrogen and oxygen atoms in total. The van der Waals surface area contributed by atoms with Crippen molar-refractivity contribution in [2.24, 2.45) is 5.92 Å². The smallest absolute Gasteiger partial charge is 0.288 e. The first-order valence-corrected chi connectivity index (χ1v) is 5.39. The Labute approximate surface area is 94.7 Å². The third-order valence-electron chi connectivity index (χ3n) is 2.16. The van der Waals surface area contributed by atoms with Crippen LogP contribution in [0.4, 0.5) is 5.69 Å². The molecule has 0 unspecified atom stereocenters. The maximum absolute atomic E-state index is 10.4. The van der Waals surface area contributed by atoms with Crippen LogP contribution in [0.25, 0.3) is 0 Å². The average molecular weight is 273 g/mol. The highest BCUT2D eigenvalue weighted by atomic mass is 79.9. The SMILES string of the molecule is O=[N+]([O-])c1cnc(OCC2CC2)c(Br)c1. The molecule has 0 atom stereocenters.